The fourth-order valence-electron chi connectivity index (χ4n) is 2.40. The molecule has 1 heterocycles. The van der Waals surface area contributed by atoms with E-state index in [1.54, 1.807) is 24.3 Å². The highest BCUT2D eigenvalue weighted by atomic mass is 35.5. The summed E-state index contributed by atoms with van der Waals surface area (Å²) in [4.78, 5) is 12.6. The van der Waals surface area contributed by atoms with Crippen LogP contribution in [-0.4, -0.2) is 35.2 Å². The Kier molecular flexibility index (Phi) is 3.97. The van der Waals surface area contributed by atoms with Crippen molar-refractivity contribution < 1.29 is 23.1 Å². The first-order valence-electron chi connectivity index (χ1n) is 6.01. The summed E-state index contributed by atoms with van der Waals surface area (Å²) in [5.41, 5.74) is -1.85. The van der Waals surface area contributed by atoms with E-state index >= 15 is 0 Å². The molecule has 2 rings (SSSR count). The fourth-order valence-corrected chi connectivity index (χ4v) is 2.52. The molecule has 0 spiro atoms. The average molecular weight is 308 g/mol. The summed E-state index contributed by atoms with van der Waals surface area (Å²) < 4.78 is 39.0. The lowest BCUT2D eigenvalue weighted by molar-refractivity contribution is -0.227. The molecule has 0 radical (unpaired) electrons. The van der Waals surface area contributed by atoms with Crippen LogP contribution in [-0.2, 0) is 11.3 Å². The third-order valence-electron chi connectivity index (χ3n) is 3.62. The van der Waals surface area contributed by atoms with Gasteiger partial charge in [0.05, 0.1) is 0 Å². The first kappa shape index (κ1) is 15.1. The SMILES string of the molecule is O=C(O)C1(C(F)(F)F)CCN(Cc2ccc(Cl)cc2)C1. The lowest BCUT2D eigenvalue weighted by Gasteiger charge is -2.27. The van der Waals surface area contributed by atoms with Gasteiger partial charge in [-0.1, -0.05) is 23.7 Å². The van der Waals surface area contributed by atoms with E-state index < -0.39 is 30.5 Å². The molecule has 0 aromatic heterocycles. The van der Waals surface area contributed by atoms with Crippen LogP contribution in [0.25, 0.3) is 0 Å². The van der Waals surface area contributed by atoms with Gasteiger partial charge in [0.1, 0.15) is 0 Å². The predicted molar refractivity (Wildman–Crippen MR) is 67.5 cm³/mol. The number of hydrogen-bond donors (Lipinski definition) is 1. The Balaban J connectivity index is 2.11. The molecule has 1 aromatic carbocycles. The molecular weight excluding hydrogens is 295 g/mol. The number of aliphatic carboxylic acids is 1. The highest BCUT2D eigenvalue weighted by Gasteiger charge is 2.63. The highest BCUT2D eigenvalue weighted by Crippen LogP contribution is 2.45. The summed E-state index contributed by atoms with van der Waals surface area (Å²) in [7, 11) is 0. The molecule has 1 unspecified atom stereocenters. The lowest BCUT2D eigenvalue weighted by Crippen LogP contribution is -2.47. The van der Waals surface area contributed by atoms with Gasteiger partial charge in [-0.15, -0.1) is 0 Å². The molecule has 1 N–H and O–H groups in total. The van der Waals surface area contributed by atoms with Gasteiger partial charge >= 0.3 is 12.1 Å². The van der Waals surface area contributed by atoms with Crippen LogP contribution in [0.1, 0.15) is 12.0 Å². The Labute approximate surface area is 118 Å². The van der Waals surface area contributed by atoms with Crippen LogP contribution in [0.15, 0.2) is 24.3 Å². The number of likely N-dealkylation sites (tertiary alicyclic amines) is 1. The summed E-state index contributed by atoms with van der Waals surface area (Å²) in [6.45, 7) is -0.134. The fraction of sp³-hybridized carbons (Fsp3) is 0.462. The second-order valence-electron chi connectivity index (χ2n) is 4.97. The van der Waals surface area contributed by atoms with Crippen molar-refractivity contribution in [2.45, 2.75) is 19.1 Å². The summed E-state index contributed by atoms with van der Waals surface area (Å²) in [5, 5.41) is 9.50. The van der Waals surface area contributed by atoms with Crippen LogP contribution in [0.5, 0.6) is 0 Å². The molecule has 1 atom stereocenters. The largest absolute Gasteiger partial charge is 0.481 e. The van der Waals surface area contributed by atoms with E-state index in [0.29, 0.717) is 5.02 Å². The van der Waals surface area contributed by atoms with Gasteiger partial charge in [-0.3, -0.25) is 9.69 Å². The van der Waals surface area contributed by atoms with Crippen LogP contribution < -0.4 is 0 Å². The molecule has 1 saturated heterocycles. The topological polar surface area (TPSA) is 40.5 Å². The van der Waals surface area contributed by atoms with E-state index in [2.05, 4.69) is 0 Å². The van der Waals surface area contributed by atoms with E-state index in [1.165, 1.54) is 4.90 Å². The normalized spacial score (nSPS) is 24.0. The summed E-state index contributed by atoms with van der Waals surface area (Å²) in [6, 6.07) is 6.75. The molecule has 0 aliphatic carbocycles. The number of carbonyl (C=O) groups is 1. The number of halogens is 4. The Hall–Kier alpha value is -1.27. The average Bonchev–Trinajstić information content (AvgIpc) is 2.77. The van der Waals surface area contributed by atoms with Gasteiger partial charge in [0.2, 0.25) is 0 Å². The number of nitrogens with zero attached hydrogens (tertiary/aromatic N) is 1. The monoisotopic (exact) mass is 307 g/mol. The first-order chi connectivity index (χ1) is 9.24. The van der Waals surface area contributed by atoms with Crippen molar-refractivity contribution in [2.75, 3.05) is 13.1 Å². The third kappa shape index (κ3) is 2.76. The zero-order valence-electron chi connectivity index (χ0n) is 10.5. The van der Waals surface area contributed by atoms with Crippen molar-refractivity contribution in [3.8, 4) is 0 Å². The van der Waals surface area contributed by atoms with Crippen LogP contribution in [0, 0.1) is 5.41 Å². The van der Waals surface area contributed by atoms with Gasteiger partial charge in [-0.25, -0.2) is 0 Å². The summed E-state index contributed by atoms with van der Waals surface area (Å²) in [5.74, 6) is -1.80. The number of benzene rings is 1. The van der Waals surface area contributed by atoms with Crippen LogP contribution >= 0.6 is 11.6 Å². The minimum absolute atomic E-state index is 0.106. The molecule has 1 aromatic rings. The lowest BCUT2D eigenvalue weighted by atomic mass is 9.86. The predicted octanol–water partition coefficient (Wildman–Crippen LogP) is 3.18. The zero-order valence-corrected chi connectivity index (χ0v) is 11.2. The molecule has 1 aliphatic heterocycles. The maximum absolute atomic E-state index is 13.0. The maximum Gasteiger partial charge on any atom is 0.406 e. The maximum atomic E-state index is 13.0. The van der Waals surface area contributed by atoms with E-state index in [1.807, 2.05) is 0 Å². The Morgan fingerprint density at radius 2 is 1.95 bits per heavy atom. The van der Waals surface area contributed by atoms with E-state index in [4.69, 9.17) is 16.7 Å². The number of rotatable bonds is 3. The van der Waals surface area contributed by atoms with E-state index in [0.717, 1.165) is 5.56 Å². The summed E-state index contributed by atoms with van der Waals surface area (Å²) in [6.07, 6.45) is -5.16. The molecule has 0 bridgehead atoms. The van der Waals surface area contributed by atoms with Crippen LogP contribution in [0.4, 0.5) is 13.2 Å². The number of alkyl halides is 3. The minimum Gasteiger partial charge on any atom is -0.481 e. The number of carboxylic acids is 1. The number of carboxylic acid groups (broad SMARTS) is 1. The van der Waals surface area contributed by atoms with Crippen molar-refractivity contribution in [1.29, 1.82) is 0 Å². The molecule has 0 amide bonds. The van der Waals surface area contributed by atoms with Crippen LogP contribution in [0.3, 0.4) is 0 Å². The molecule has 20 heavy (non-hydrogen) atoms. The van der Waals surface area contributed by atoms with Crippen LogP contribution in [0.2, 0.25) is 5.02 Å². The Morgan fingerprint density at radius 1 is 1.35 bits per heavy atom. The second kappa shape index (κ2) is 5.26. The van der Waals surface area contributed by atoms with Gasteiger partial charge in [-0.05, 0) is 24.1 Å². The van der Waals surface area contributed by atoms with Gasteiger partial charge in [-0.2, -0.15) is 13.2 Å². The smallest absolute Gasteiger partial charge is 0.406 e. The minimum atomic E-state index is -4.74. The third-order valence-corrected chi connectivity index (χ3v) is 3.87. The van der Waals surface area contributed by atoms with E-state index in [9.17, 15) is 18.0 Å². The van der Waals surface area contributed by atoms with Crippen molar-refractivity contribution >= 4 is 17.6 Å². The van der Waals surface area contributed by atoms with E-state index in [-0.39, 0.29) is 13.1 Å². The molecule has 1 fully saturated rings. The molecule has 0 saturated carbocycles. The highest BCUT2D eigenvalue weighted by molar-refractivity contribution is 6.30. The summed E-state index contributed by atoms with van der Waals surface area (Å²) >= 11 is 5.73. The van der Waals surface area contributed by atoms with Crippen molar-refractivity contribution in [3.05, 3.63) is 34.9 Å². The van der Waals surface area contributed by atoms with Crippen molar-refractivity contribution in [2.24, 2.45) is 5.41 Å². The molecular formula is C13H13ClF3NO2. The molecule has 3 nitrogen and oxygen atoms in total. The zero-order chi connectivity index (χ0) is 15.0. The molecule has 7 heteroatoms. The molecule has 1 aliphatic rings. The van der Waals surface area contributed by atoms with Crippen molar-refractivity contribution in [1.82, 2.24) is 4.90 Å². The van der Waals surface area contributed by atoms with Gasteiger partial charge in [0, 0.05) is 24.7 Å². The quantitative estimate of drug-likeness (QED) is 0.932. The molecule has 110 valence electrons. The van der Waals surface area contributed by atoms with Gasteiger partial charge in [0.25, 0.3) is 0 Å². The Bertz CT molecular complexity index is 503. The standard InChI is InChI=1S/C13H13ClF3NO2/c14-10-3-1-9(2-4-10)7-18-6-5-12(8-18,11(19)20)13(15,16)17/h1-4H,5-8H2,(H,19,20). The second-order valence-corrected chi connectivity index (χ2v) is 5.41. The number of hydrogen-bond acceptors (Lipinski definition) is 2. The Morgan fingerprint density at radius 3 is 2.40 bits per heavy atom. The van der Waals surface area contributed by atoms with Crippen molar-refractivity contribution in [3.63, 3.8) is 0 Å². The van der Waals surface area contributed by atoms with Gasteiger partial charge in [0.15, 0.2) is 5.41 Å². The first-order valence-corrected chi connectivity index (χ1v) is 6.39. The van der Waals surface area contributed by atoms with Gasteiger partial charge < -0.3 is 5.11 Å².